The molecule has 0 radical (unpaired) electrons. The first kappa shape index (κ1) is 19.3. The lowest BCUT2D eigenvalue weighted by Crippen LogP contribution is -2.29. The summed E-state index contributed by atoms with van der Waals surface area (Å²) >= 11 is 6.15. The van der Waals surface area contributed by atoms with Gasteiger partial charge < -0.3 is 5.32 Å². The Hall–Kier alpha value is -4.04. The first-order chi connectivity index (χ1) is 14.4. The van der Waals surface area contributed by atoms with Gasteiger partial charge in [-0.3, -0.25) is 24.5 Å². The van der Waals surface area contributed by atoms with Gasteiger partial charge in [-0.15, -0.1) is 0 Å². The quantitative estimate of drug-likeness (QED) is 0.383. The van der Waals surface area contributed by atoms with Gasteiger partial charge in [0.2, 0.25) is 0 Å². The number of carbonyl (C=O) groups is 3. The maximum atomic E-state index is 12.7. The molecule has 1 aliphatic heterocycles. The number of nitrogens with one attached hydrogen (secondary N) is 1. The van der Waals surface area contributed by atoms with Crippen molar-refractivity contribution >= 4 is 46.4 Å². The van der Waals surface area contributed by atoms with E-state index in [1.165, 1.54) is 42.5 Å². The van der Waals surface area contributed by atoms with Crippen molar-refractivity contribution < 1.29 is 19.3 Å². The second kappa shape index (κ2) is 7.41. The Balaban J connectivity index is 1.65. The van der Waals surface area contributed by atoms with Crippen molar-refractivity contribution in [3.8, 4) is 0 Å². The molecular weight excluding hydrogens is 410 g/mol. The fourth-order valence-electron chi connectivity index (χ4n) is 3.15. The number of nitro groups is 1. The van der Waals surface area contributed by atoms with E-state index >= 15 is 0 Å². The number of rotatable bonds is 4. The van der Waals surface area contributed by atoms with Gasteiger partial charge in [0.15, 0.2) is 0 Å². The molecule has 1 aliphatic rings. The molecule has 3 amide bonds. The third-order valence-electron chi connectivity index (χ3n) is 4.56. The molecule has 0 spiro atoms. The molecule has 30 heavy (non-hydrogen) atoms. The van der Waals surface area contributed by atoms with E-state index in [0.717, 1.165) is 4.90 Å². The van der Waals surface area contributed by atoms with E-state index in [1.54, 1.807) is 24.3 Å². The van der Waals surface area contributed by atoms with Crippen molar-refractivity contribution in [3.63, 3.8) is 0 Å². The van der Waals surface area contributed by atoms with Crippen molar-refractivity contribution in [1.82, 2.24) is 0 Å². The maximum Gasteiger partial charge on any atom is 0.271 e. The zero-order chi connectivity index (χ0) is 21.4. The molecule has 8 nitrogen and oxygen atoms in total. The lowest BCUT2D eigenvalue weighted by atomic mass is 10.1. The monoisotopic (exact) mass is 421 g/mol. The topological polar surface area (TPSA) is 110 Å². The Labute approximate surface area is 174 Å². The third-order valence-corrected chi connectivity index (χ3v) is 4.89. The van der Waals surface area contributed by atoms with Crippen LogP contribution in [0.4, 0.5) is 17.1 Å². The summed E-state index contributed by atoms with van der Waals surface area (Å²) in [6, 6.07) is 16.1. The maximum absolute atomic E-state index is 12.7. The summed E-state index contributed by atoms with van der Waals surface area (Å²) in [6.07, 6.45) is 0. The number of fused-ring (bicyclic) bond motifs is 1. The third kappa shape index (κ3) is 3.29. The Morgan fingerprint density at radius 1 is 0.933 bits per heavy atom. The molecule has 1 N–H and O–H groups in total. The average Bonchev–Trinajstić information content (AvgIpc) is 2.99. The summed E-state index contributed by atoms with van der Waals surface area (Å²) in [6.45, 7) is 0. The van der Waals surface area contributed by atoms with Crippen LogP contribution in [0.5, 0.6) is 0 Å². The minimum absolute atomic E-state index is 0.0113. The number of amides is 3. The molecule has 3 aromatic rings. The second-order valence-corrected chi connectivity index (χ2v) is 6.82. The Morgan fingerprint density at radius 3 is 2.23 bits per heavy atom. The average molecular weight is 422 g/mol. The van der Waals surface area contributed by atoms with Crippen molar-refractivity contribution in [2.45, 2.75) is 0 Å². The minimum Gasteiger partial charge on any atom is -0.322 e. The summed E-state index contributed by atoms with van der Waals surface area (Å²) < 4.78 is 0. The zero-order valence-electron chi connectivity index (χ0n) is 15.2. The highest BCUT2D eigenvalue weighted by Crippen LogP contribution is 2.31. The van der Waals surface area contributed by atoms with Crippen LogP contribution in [0, 0.1) is 10.1 Å². The van der Waals surface area contributed by atoms with Crippen LogP contribution in [0.15, 0.2) is 66.7 Å². The van der Waals surface area contributed by atoms with Gasteiger partial charge in [-0.05, 0) is 36.4 Å². The smallest absolute Gasteiger partial charge is 0.271 e. The zero-order valence-corrected chi connectivity index (χ0v) is 15.9. The molecule has 0 unspecified atom stereocenters. The SMILES string of the molecule is O=C(Nc1cccc([N+](=O)[O-])c1)c1cc(N2C(=O)c3ccccc3C2=O)ccc1Cl. The van der Waals surface area contributed by atoms with Crippen LogP contribution in [0.3, 0.4) is 0 Å². The number of nitro benzene ring substituents is 1. The highest BCUT2D eigenvalue weighted by Gasteiger charge is 2.36. The summed E-state index contributed by atoms with van der Waals surface area (Å²) in [5, 5.41) is 13.5. The highest BCUT2D eigenvalue weighted by atomic mass is 35.5. The second-order valence-electron chi connectivity index (χ2n) is 6.42. The number of nitrogens with zero attached hydrogens (tertiary/aromatic N) is 2. The normalized spacial score (nSPS) is 12.6. The number of carbonyl (C=O) groups excluding carboxylic acids is 3. The number of imide groups is 1. The Kier molecular flexibility index (Phi) is 4.77. The molecule has 4 rings (SSSR count). The lowest BCUT2D eigenvalue weighted by Gasteiger charge is -2.16. The molecule has 1 heterocycles. The molecule has 0 aliphatic carbocycles. The number of hydrogen-bond acceptors (Lipinski definition) is 5. The van der Waals surface area contributed by atoms with Gasteiger partial charge in [-0.25, -0.2) is 4.90 Å². The van der Waals surface area contributed by atoms with E-state index in [9.17, 15) is 24.5 Å². The summed E-state index contributed by atoms with van der Waals surface area (Å²) in [5.41, 5.74) is 0.780. The first-order valence-electron chi connectivity index (χ1n) is 8.70. The van der Waals surface area contributed by atoms with Crippen molar-refractivity contribution in [2.24, 2.45) is 0 Å². The van der Waals surface area contributed by atoms with Gasteiger partial charge in [0, 0.05) is 17.8 Å². The predicted molar refractivity (Wildman–Crippen MR) is 110 cm³/mol. The molecule has 0 saturated carbocycles. The summed E-state index contributed by atoms with van der Waals surface area (Å²) in [4.78, 5) is 49.4. The number of halogens is 1. The molecule has 9 heteroatoms. The van der Waals surface area contributed by atoms with E-state index in [2.05, 4.69) is 5.32 Å². The van der Waals surface area contributed by atoms with Gasteiger partial charge in [0.1, 0.15) is 0 Å². The van der Waals surface area contributed by atoms with Crippen LogP contribution in [-0.2, 0) is 0 Å². The van der Waals surface area contributed by atoms with Gasteiger partial charge in [-0.2, -0.15) is 0 Å². The van der Waals surface area contributed by atoms with Crippen LogP contribution in [-0.4, -0.2) is 22.6 Å². The molecule has 0 bridgehead atoms. The molecule has 148 valence electrons. The Bertz CT molecular complexity index is 1210. The van der Waals surface area contributed by atoms with Gasteiger partial charge in [-0.1, -0.05) is 29.8 Å². The standard InChI is InChI=1S/C21H12ClN3O5/c22-18-9-8-13(24-20(27)15-6-1-2-7-16(15)21(24)28)11-17(18)19(26)23-12-4-3-5-14(10-12)25(29)30/h1-11H,(H,23,26). The van der Waals surface area contributed by atoms with Crippen molar-refractivity contribution in [3.05, 3.63) is 98.6 Å². The number of anilines is 2. The fraction of sp³-hybridized carbons (Fsp3) is 0. The summed E-state index contributed by atoms with van der Waals surface area (Å²) in [5.74, 6) is -1.63. The van der Waals surface area contributed by atoms with Gasteiger partial charge in [0.25, 0.3) is 23.4 Å². The van der Waals surface area contributed by atoms with Crippen molar-refractivity contribution in [1.29, 1.82) is 0 Å². The van der Waals surface area contributed by atoms with Crippen LogP contribution < -0.4 is 10.2 Å². The lowest BCUT2D eigenvalue weighted by molar-refractivity contribution is -0.384. The molecule has 3 aromatic carbocycles. The molecule has 0 aromatic heterocycles. The van der Waals surface area contributed by atoms with Crippen LogP contribution in [0.25, 0.3) is 0 Å². The van der Waals surface area contributed by atoms with E-state index < -0.39 is 22.6 Å². The summed E-state index contributed by atoms with van der Waals surface area (Å²) in [7, 11) is 0. The van der Waals surface area contributed by atoms with E-state index in [1.807, 2.05) is 0 Å². The first-order valence-corrected chi connectivity index (χ1v) is 9.08. The van der Waals surface area contributed by atoms with Crippen LogP contribution in [0.2, 0.25) is 5.02 Å². The van der Waals surface area contributed by atoms with E-state index in [0.29, 0.717) is 0 Å². The fourth-order valence-corrected chi connectivity index (χ4v) is 3.35. The predicted octanol–water partition coefficient (Wildman–Crippen LogP) is 4.30. The molecular formula is C21H12ClN3O5. The van der Waals surface area contributed by atoms with Gasteiger partial charge >= 0.3 is 0 Å². The van der Waals surface area contributed by atoms with Crippen molar-refractivity contribution in [2.75, 3.05) is 10.2 Å². The molecule has 0 saturated heterocycles. The Morgan fingerprint density at radius 2 is 1.60 bits per heavy atom. The molecule has 0 atom stereocenters. The number of hydrogen-bond donors (Lipinski definition) is 1. The highest BCUT2D eigenvalue weighted by molar-refractivity contribution is 6.36. The molecule has 0 fully saturated rings. The largest absolute Gasteiger partial charge is 0.322 e. The number of non-ortho nitro benzene ring substituents is 1. The van der Waals surface area contributed by atoms with Gasteiger partial charge in [0.05, 0.1) is 32.3 Å². The number of benzene rings is 3. The van der Waals surface area contributed by atoms with E-state index in [4.69, 9.17) is 11.6 Å². The minimum atomic E-state index is -0.640. The van der Waals surface area contributed by atoms with Crippen LogP contribution in [0.1, 0.15) is 31.1 Å². The van der Waals surface area contributed by atoms with Crippen LogP contribution >= 0.6 is 11.6 Å². The van der Waals surface area contributed by atoms with E-state index in [-0.39, 0.29) is 38.8 Å².